The number of allylic oxidation sites excluding steroid dienone is 1. The van der Waals surface area contributed by atoms with Crippen LogP contribution in [0.1, 0.15) is 40.0 Å². The summed E-state index contributed by atoms with van der Waals surface area (Å²) in [5.74, 6) is 0.497. The van der Waals surface area contributed by atoms with Gasteiger partial charge in [0, 0.05) is 0 Å². The molecule has 0 heterocycles. The van der Waals surface area contributed by atoms with Gasteiger partial charge < -0.3 is 5.11 Å². The van der Waals surface area contributed by atoms with Crippen molar-refractivity contribution >= 4 is 0 Å². The molecule has 0 unspecified atom stereocenters. The smallest absolute Gasteiger partial charge is 0.0644 e. The largest absolute Gasteiger partial charge is 0.392 e. The Morgan fingerprint density at radius 2 is 2.09 bits per heavy atom. The molecule has 0 aliphatic heterocycles. The summed E-state index contributed by atoms with van der Waals surface area (Å²) in [6.07, 6.45) is 5.75. The average molecular weight is 156 g/mol. The normalized spacial score (nSPS) is 12.6. The fraction of sp³-hybridized carbons (Fsp3) is 0.800. The van der Waals surface area contributed by atoms with Crippen molar-refractivity contribution in [2.24, 2.45) is 5.92 Å². The molecule has 0 saturated heterocycles. The summed E-state index contributed by atoms with van der Waals surface area (Å²) >= 11 is 0. The molecule has 0 atom stereocenters. The number of aliphatic hydroxyl groups is 1. The molecule has 11 heavy (non-hydrogen) atoms. The van der Waals surface area contributed by atoms with Crippen LogP contribution in [0.4, 0.5) is 0 Å². The Bertz CT molecular complexity index is 114. The molecule has 0 bridgehead atoms. The number of hydrogen-bond acceptors (Lipinski definition) is 1. The van der Waals surface area contributed by atoms with E-state index in [9.17, 15) is 0 Å². The van der Waals surface area contributed by atoms with E-state index in [2.05, 4.69) is 26.8 Å². The van der Waals surface area contributed by atoms with Gasteiger partial charge in [0.25, 0.3) is 0 Å². The van der Waals surface area contributed by atoms with Crippen LogP contribution in [0, 0.1) is 5.92 Å². The lowest BCUT2D eigenvalue weighted by Gasteiger charge is -2.07. The minimum atomic E-state index is 0.224. The third-order valence-corrected chi connectivity index (χ3v) is 1.89. The first kappa shape index (κ1) is 10.7. The molecule has 0 aromatic heterocycles. The van der Waals surface area contributed by atoms with Crippen LogP contribution in [0.3, 0.4) is 0 Å². The summed E-state index contributed by atoms with van der Waals surface area (Å²) in [4.78, 5) is 0. The molecule has 0 aliphatic rings. The molecular formula is C10H20O. The summed E-state index contributed by atoms with van der Waals surface area (Å²) < 4.78 is 0. The van der Waals surface area contributed by atoms with Crippen LogP contribution in [-0.2, 0) is 0 Å². The molecule has 0 saturated carbocycles. The fourth-order valence-corrected chi connectivity index (χ4v) is 0.974. The predicted molar refractivity (Wildman–Crippen MR) is 49.5 cm³/mol. The van der Waals surface area contributed by atoms with Crippen molar-refractivity contribution in [2.75, 3.05) is 6.61 Å². The molecule has 0 rings (SSSR count). The lowest BCUT2D eigenvalue weighted by Crippen LogP contribution is -1.98. The van der Waals surface area contributed by atoms with Crippen LogP contribution in [0.2, 0.25) is 0 Å². The summed E-state index contributed by atoms with van der Waals surface area (Å²) in [5.41, 5.74) is 1.18. The second-order valence-corrected chi connectivity index (χ2v) is 3.23. The van der Waals surface area contributed by atoms with Gasteiger partial charge in [-0.15, -0.1) is 0 Å². The Balaban J connectivity index is 3.71. The SMILES string of the molecule is CCCC/C=C(/CO)C(C)C. The molecule has 0 aliphatic carbocycles. The maximum atomic E-state index is 8.93. The molecule has 1 nitrogen and oxygen atoms in total. The number of unbranched alkanes of at least 4 members (excludes halogenated alkanes) is 2. The Kier molecular flexibility index (Phi) is 6.24. The molecule has 1 heteroatoms. The second kappa shape index (κ2) is 6.41. The van der Waals surface area contributed by atoms with Crippen molar-refractivity contribution < 1.29 is 5.11 Å². The van der Waals surface area contributed by atoms with E-state index in [1.807, 2.05) is 0 Å². The predicted octanol–water partition coefficient (Wildman–Crippen LogP) is 2.75. The molecule has 0 radical (unpaired) electrons. The van der Waals surface area contributed by atoms with E-state index in [-0.39, 0.29) is 6.61 Å². The van der Waals surface area contributed by atoms with Gasteiger partial charge in [0.1, 0.15) is 0 Å². The van der Waals surface area contributed by atoms with Crippen molar-refractivity contribution in [3.05, 3.63) is 11.6 Å². The third kappa shape index (κ3) is 5.02. The third-order valence-electron chi connectivity index (χ3n) is 1.89. The monoisotopic (exact) mass is 156 g/mol. The van der Waals surface area contributed by atoms with Crippen molar-refractivity contribution in [3.8, 4) is 0 Å². The molecular weight excluding hydrogens is 136 g/mol. The lowest BCUT2D eigenvalue weighted by atomic mass is 10.0. The van der Waals surface area contributed by atoms with E-state index in [1.54, 1.807) is 0 Å². The minimum absolute atomic E-state index is 0.224. The van der Waals surface area contributed by atoms with E-state index in [0.717, 1.165) is 6.42 Å². The zero-order chi connectivity index (χ0) is 8.69. The van der Waals surface area contributed by atoms with Gasteiger partial charge in [0.05, 0.1) is 6.61 Å². The maximum Gasteiger partial charge on any atom is 0.0644 e. The van der Waals surface area contributed by atoms with Gasteiger partial charge in [0.15, 0.2) is 0 Å². The van der Waals surface area contributed by atoms with Gasteiger partial charge in [-0.3, -0.25) is 0 Å². The Hall–Kier alpha value is -0.300. The molecule has 0 spiro atoms. The molecule has 66 valence electrons. The first-order valence-corrected chi connectivity index (χ1v) is 4.52. The van der Waals surface area contributed by atoms with E-state index < -0.39 is 0 Å². The summed E-state index contributed by atoms with van der Waals surface area (Å²) in [6.45, 7) is 6.64. The molecule has 0 aromatic rings. The Morgan fingerprint density at radius 1 is 1.45 bits per heavy atom. The highest BCUT2D eigenvalue weighted by atomic mass is 16.3. The maximum absolute atomic E-state index is 8.93. The average Bonchev–Trinajstić information content (AvgIpc) is 1.97. The zero-order valence-corrected chi connectivity index (χ0v) is 7.93. The Labute approximate surface area is 70.1 Å². The van der Waals surface area contributed by atoms with E-state index in [1.165, 1.54) is 18.4 Å². The van der Waals surface area contributed by atoms with Crippen LogP contribution < -0.4 is 0 Å². The van der Waals surface area contributed by atoms with E-state index >= 15 is 0 Å². The van der Waals surface area contributed by atoms with Gasteiger partial charge in [-0.25, -0.2) is 0 Å². The highest BCUT2D eigenvalue weighted by Gasteiger charge is 1.99. The number of hydrogen-bond donors (Lipinski definition) is 1. The zero-order valence-electron chi connectivity index (χ0n) is 7.93. The topological polar surface area (TPSA) is 20.2 Å². The molecule has 1 N–H and O–H groups in total. The summed E-state index contributed by atoms with van der Waals surface area (Å²) in [6, 6.07) is 0. The van der Waals surface area contributed by atoms with Gasteiger partial charge in [-0.1, -0.05) is 39.7 Å². The van der Waals surface area contributed by atoms with Crippen molar-refractivity contribution in [1.29, 1.82) is 0 Å². The second-order valence-electron chi connectivity index (χ2n) is 3.23. The molecule has 0 fully saturated rings. The van der Waals surface area contributed by atoms with Gasteiger partial charge in [0.2, 0.25) is 0 Å². The Morgan fingerprint density at radius 3 is 2.45 bits per heavy atom. The van der Waals surface area contributed by atoms with Gasteiger partial charge in [-0.05, 0) is 17.9 Å². The first-order chi connectivity index (χ1) is 5.22. The van der Waals surface area contributed by atoms with Crippen LogP contribution in [0.5, 0.6) is 0 Å². The van der Waals surface area contributed by atoms with E-state index in [0.29, 0.717) is 5.92 Å². The van der Waals surface area contributed by atoms with Crippen LogP contribution in [0.25, 0.3) is 0 Å². The van der Waals surface area contributed by atoms with Crippen molar-refractivity contribution in [2.45, 2.75) is 40.0 Å². The highest BCUT2D eigenvalue weighted by Crippen LogP contribution is 2.10. The van der Waals surface area contributed by atoms with Crippen molar-refractivity contribution in [3.63, 3.8) is 0 Å². The summed E-state index contributed by atoms with van der Waals surface area (Å²) in [5, 5.41) is 8.93. The van der Waals surface area contributed by atoms with Crippen LogP contribution >= 0.6 is 0 Å². The highest BCUT2D eigenvalue weighted by molar-refractivity contribution is 5.04. The van der Waals surface area contributed by atoms with Gasteiger partial charge >= 0.3 is 0 Å². The fourth-order valence-electron chi connectivity index (χ4n) is 0.974. The summed E-state index contributed by atoms with van der Waals surface area (Å²) in [7, 11) is 0. The van der Waals surface area contributed by atoms with Crippen LogP contribution in [-0.4, -0.2) is 11.7 Å². The molecule has 0 amide bonds. The van der Waals surface area contributed by atoms with Crippen molar-refractivity contribution in [1.82, 2.24) is 0 Å². The first-order valence-electron chi connectivity index (χ1n) is 4.52. The quantitative estimate of drug-likeness (QED) is 0.479. The van der Waals surface area contributed by atoms with Gasteiger partial charge in [-0.2, -0.15) is 0 Å². The van der Waals surface area contributed by atoms with E-state index in [4.69, 9.17) is 5.11 Å². The molecule has 0 aromatic carbocycles. The van der Waals surface area contributed by atoms with Crippen LogP contribution in [0.15, 0.2) is 11.6 Å². The number of rotatable bonds is 5. The lowest BCUT2D eigenvalue weighted by molar-refractivity contribution is 0.318. The standard InChI is InChI=1S/C10H20O/c1-4-5-6-7-10(8-11)9(2)3/h7,9,11H,4-6,8H2,1-3H3/b10-7-. The number of aliphatic hydroxyl groups excluding tert-OH is 1. The minimum Gasteiger partial charge on any atom is -0.392 e.